The Bertz CT molecular complexity index is 621. The lowest BCUT2D eigenvalue weighted by Crippen LogP contribution is -2.51. The van der Waals surface area contributed by atoms with Crippen molar-refractivity contribution >= 4 is 16.8 Å². The molecular weight excluding hydrogens is 252 g/mol. The Balaban J connectivity index is 1.97. The van der Waals surface area contributed by atoms with Crippen LogP contribution in [0, 0.1) is 5.92 Å². The highest BCUT2D eigenvalue weighted by molar-refractivity contribution is 6.05. The van der Waals surface area contributed by atoms with Gasteiger partial charge in [0.2, 0.25) is 0 Å². The second kappa shape index (κ2) is 5.25. The molecule has 1 saturated heterocycles. The average molecular weight is 272 g/mol. The van der Waals surface area contributed by atoms with E-state index in [9.17, 15) is 4.79 Å². The number of hydrogen-bond donors (Lipinski definition) is 2. The maximum atomic E-state index is 12.8. The number of piperidine rings is 1. The number of nitrogens with one attached hydrogen (secondary N) is 1. The van der Waals surface area contributed by atoms with E-state index in [4.69, 9.17) is 5.73 Å². The maximum absolute atomic E-state index is 12.8. The third-order valence-electron chi connectivity index (χ3n) is 4.33. The number of carbonyl (C=O) groups is 1. The average Bonchev–Trinajstić information content (AvgIpc) is 2.94. The lowest BCUT2D eigenvalue weighted by molar-refractivity contribution is 0.0534. The Morgan fingerprint density at radius 3 is 3.20 bits per heavy atom. The molecule has 0 radical (unpaired) electrons. The normalized spacial score (nSPS) is 23.2. The van der Waals surface area contributed by atoms with Gasteiger partial charge in [-0.15, -0.1) is 0 Å². The van der Waals surface area contributed by atoms with Gasteiger partial charge in [0, 0.05) is 24.5 Å². The zero-order chi connectivity index (χ0) is 14.1. The topological polar surface area (TPSA) is 75.0 Å². The van der Waals surface area contributed by atoms with Crippen LogP contribution in [-0.2, 0) is 0 Å². The van der Waals surface area contributed by atoms with Crippen LogP contribution in [0.1, 0.15) is 30.1 Å². The maximum Gasteiger partial charge on any atom is 0.256 e. The number of aromatic amines is 1. The van der Waals surface area contributed by atoms with Crippen LogP contribution in [0.25, 0.3) is 10.9 Å². The second-order valence-corrected chi connectivity index (χ2v) is 5.56. The first-order chi connectivity index (χ1) is 9.72. The van der Waals surface area contributed by atoms with Gasteiger partial charge in [0.25, 0.3) is 5.91 Å². The van der Waals surface area contributed by atoms with Crippen LogP contribution in [0.2, 0.25) is 0 Å². The number of benzene rings is 1. The van der Waals surface area contributed by atoms with Crippen LogP contribution in [0.3, 0.4) is 0 Å². The molecule has 5 heteroatoms. The van der Waals surface area contributed by atoms with E-state index < -0.39 is 0 Å². The van der Waals surface area contributed by atoms with Gasteiger partial charge >= 0.3 is 0 Å². The quantitative estimate of drug-likeness (QED) is 0.874. The van der Waals surface area contributed by atoms with Gasteiger partial charge in [0.15, 0.2) is 0 Å². The second-order valence-electron chi connectivity index (χ2n) is 5.56. The molecule has 3 N–H and O–H groups in total. The Labute approximate surface area is 118 Å². The summed E-state index contributed by atoms with van der Waals surface area (Å²) in [6.45, 7) is 3.48. The largest absolute Gasteiger partial charge is 0.334 e. The summed E-state index contributed by atoms with van der Waals surface area (Å²) in [6.07, 6.45) is 3.92. The van der Waals surface area contributed by atoms with Gasteiger partial charge in [-0.3, -0.25) is 9.89 Å². The number of nitrogens with zero attached hydrogens (tertiary/aromatic N) is 2. The molecule has 106 valence electrons. The number of H-pyrrole nitrogens is 1. The fourth-order valence-electron chi connectivity index (χ4n) is 3.16. The minimum atomic E-state index is 0.0573. The molecule has 2 aromatic rings. The van der Waals surface area contributed by atoms with E-state index in [0.717, 1.165) is 30.3 Å². The van der Waals surface area contributed by atoms with E-state index in [1.807, 2.05) is 23.1 Å². The van der Waals surface area contributed by atoms with Crippen LogP contribution < -0.4 is 5.73 Å². The predicted octanol–water partition coefficient (Wildman–Crippen LogP) is 1.76. The zero-order valence-corrected chi connectivity index (χ0v) is 11.7. The minimum absolute atomic E-state index is 0.0573. The number of carbonyl (C=O) groups excluding carboxylic acids is 1. The summed E-state index contributed by atoms with van der Waals surface area (Å²) in [4.78, 5) is 14.8. The van der Waals surface area contributed by atoms with Gasteiger partial charge in [0.1, 0.15) is 0 Å². The first kappa shape index (κ1) is 13.1. The van der Waals surface area contributed by atoms with E-state index in [2.05, 4.69) is 17.1 Å². The SMILES string of the molecule is C[C@H]1CCCN(C(=O)c2cccc3cn[nH]c23)[C@@H]1CN. The lowest BCUT2D eigenvalue weighted by Gasteiger charge is -2.39. The number of hydrogen-bond acceptors (Lipinski definition) is 3. The first-order valence-corrected chi connectivity index (χ1v) is 7.15. The molecule has 0 aliphatic carbocycles. The fourth-order valence-corrected chi connectivity index (χ4v) is 3.16. The Morgan fingerprint density at radius 2 is 2.40 bits per heavy atom. The molecule has 0 unspecified atom stereocenters. The Kier molecular flexibility index (Phi) is 3.44. The van der Waals surface area contributed by atoms with Crippen molar-refractivity contribution in [2.24, 2.45) is 11.7 Å². The highest BCUT2D eigenvalue weighted by atomic mass is 16.2. The van der Waals surface area contributed by atoms with Gasteiger partial charge in [-0.25, -0.2) is 0 Å². The molecule has 3 rings (SSSR count). The molecule has 2 atom stereocenters. The minimum Gasteiger partial charge on any atom is -0.334 e. The highest BCUT2D eigenvalue weighted by Gasteiger charge is 2.32. The molecule has 1 aromatic carbocycles. The van der Waals surface area contributed by atoms with Crippen molar-refractivity contribution in [2.45, 2.75) is 25.8 Å². The third-order valence-corrected chi connectivity index (χ3v) is 4.33. The number of aromatic nitrogens is 2. The van der Waals surface area contributed by atoms with E-state index in [1.54, 1.807) is 6.20 Å². The van der Waals surface area contributed by atoms with Crippen molar-refractivity contribution in [3.8, 4) is 0 Å². The van der Waals surface area contributed by atoms with Crippen LogP contribution in [-0.4, -0.2) is 40.1 Å². The number of amides is 1. The van der Waals surface area contributed by atoms with Gasteiger partial charge in [-0.1, -0.05) is 19.1 Å². The molecule has 0 bridgehead atoms. The Morgan fingerprint density at radius 1 is 1.55 bits per heavy atom. The number of rotatable bonds is 2. The molecule has 1 aromatic heterocycles. The van der Waals surface area contributed by atoms with E-state index in [0.29, 0.717) is 18.0 Å². The van der Waals surface area contributed by atoms with E-state index >= 15 is 0 Å². The summed E-state index contributed by atoms with van der Waals surface area (Å²) in [6, 6.07) is 5.84. The molecule has 20 heavy (non-hydrogen) atoms. The third kappa shape index (κ3) is 2.08. The molecule has 1 fully saturated rings. The van der Waals surface area contributed by atoms with Crippen LogP contribution in [0.5, 0.6) is 0 Å². The van der Waals surface area contributed by atoms with Crippen LogP contribution in [0.15, 0.2) is 24.4 Å². The number of fused-ring (bicyclic) bond motifs is 1. The van der Waals surface area contributed by atoms with Gasteiger partial charge < -0.3 is 10.6 Å². The number of nitrogens with two attached hydrogens (primary N) is 1. The fraction of sp³-hybridized carbons (Fsp3) is 0.467. The molecule has 1 aliphatic rings. The predicted molar refractivity (Wildman–Crippen MR) is 78.4 cm³/mol. The van der Waals surface area contributed by atoms with Crippen LogP contribution >= 0.6 is 0 Å². The molecule has 5 nitrogen and oxygen atoms in total. The smallest absolute Gasteiger partial charge is 0.256 e. The number of likely N-dealkylation sites (tertiary alicyclic amines) is 1. The Hall–Kier alpha value is -1.88. The summed E-state index contributed by atoms with van der Waals surface area (Å²) < 4.78 is 0. The van der Waals surface area contributed by atoms with E-state index in [-0.39, 0.29) is 11.9 Å². The zero-order valence-electron chi connectivity index (χ0n) is 11.7. The van der Waals surface area contributed by atoms with Crippen molar-refractivity contribution in [3.63, 3.8) is 0 Å². The molecular formula is C15H20N4O. The highest BCUT2D eigenvalue weighted by Crippen LogP contribution is 2.26. The number of para-hydroxylation sites is 1. The van der Waals surface area contributed by atoms with Gasteiger partial charge in [0.05, 0.1) is 17.3 Å². The van der Waals surface area contributed by atoms with Crippen LogP contribution in [0.4, 0.5) is 0 Å². The van der Waals surface area contributed by atoms with Crippen molar-refractivity contribution in [3.05, 3.63) is 30.0 Å². The van der Waals surface area contributed by atoms with Crippen molar-refractivity contribution in [1.82, 2.24) is 15.1 Å². The summed E-state index contributed by atoms with van der Waals surface area (Å²) >= 11 is 0. The molecule has 1 amide bonds. The lowest BCUT2D eigenvalue weighted by atomic mass is 9.90. The van der Waals surface area contributed by atoms with Crippen molar-refractivity contribution < 1.29 is 4.79 Å². The van der Waals surface area contributed by atoms with Gasteiger partial charge in [-0.2, -0.15) is 5.10 Å². The monoisotopic (exact) mass is 272 g/mol. The molecule has 1 aliphatic heterocycles. The molecule has 0 spiro atoms. The standard InChI is InChI=1S/C15H20N4O/c1-10-4-3-7-19(13(10)8-16)15(20)12-6-2-5-11-9-17-18-14(11)12/h2,5-6,9-10,13H,3-4,7-8,16H2,1H3,(H,17,18)/t10-,13+/m0/s1. The van der Waals surface area contributed by atoms with Crippen molar-refractivity contribution in [2.75, 3.05) is 13.1 Å². The summed E-state index contributed by atoms with van der Waals surface area (Å²) in [7, 11) is 0. The summed E-state index contributed by atoms with van der Waals surface area (Å²) in [5, 5.41) is 7.91. The summed E-state index contributed by atoms with van der Waals surface area (Å²) in [5.41, 5.74) is 7.38. The van der Waals surface area contributed by atoms with Crippen molar-refractivity contribution in [1.29, 1.82) is 0 Å². The molecule has 2 heterocycles. The van der Waals surface area contributed by atoms with Gasteiger partial charge in [-0.05, 0) is 24.8 Å². The van der Waals surface area contributed by atoms with E-state index in [1.165, 1.54) is 0 Å². The first-order valence-electron chi connectivity index (χ1n) is 7.15. The summed E-state index contributed by atoms with van der Waals surface area (Å²) in [5.74, 6) is 0.514. The molecule has 0 saturated carbocycles.